The van der Waals surface area contributed by atoms with E-state index < -0.39 is 0 Å². The van der Waals surface area contributed by atoms with Crippen LogP contribution in [0.25, 0.3) is 0 Å². The fraction of sp³-hybridized carbons (Fsp3) is 0.571. The van der Waals surface area contributed by atoms with Crippen LogP contribution >= 0.6 is 0 Å². The van der Waals surface area contributed by atoms with E-state index in [1.165, 1.54) is 5.56 Å². The molecule has 1 nitrogen and oxygen atoms in total. The van der Waals surface area contributed by atoms with Crippen LogP contribution in [-0.2, 0) is 0 Å². The number of rotatable bonds is 0. The molecule has 0 unspecified atom stereocenters. The maximum absolute atomic E-state index is 5.31. The summed E-state index contributed by atoms with van der Waals surface area (Å²) in [6.45, 7) is 13.2. The van der Waals surface area contributed by atoms with Crippen LogP contribution in [0.5, 0.6) is 0 Å². The van der Waals surface area contributed by atoms with Gasteiger partial charge in [0.1, 0.15) is 0 Å². The SMILES string of the molecule is CC.CC(C)(C)CN.Cc1ccccc1. The second-order valence-corrected chi connectivity index (χ2v) is 4.42. The van der Waals surface area contributed by atoms with E-state index in [0.717, 1.165) is 6.54 Å². The van der Waals surface area contributed by atoms with Crippen LogP contribution in [0.3, 0.4) is 0 Å². The largest absolute Gasteiger partial charge is 0.330 e. The summed E-state index contributed by atoms with van der Waals surface area (Å²) < 4.78 is 0. The second kappa shape index (κ2) is 9.72. The zero-order valence-electron chi connectivity index (χ0n) is 11.2. The lowest BCUT2D eigenvalue weighted by Crippen LogP contribution is -2.18. The van der Waals surface area contributed by atoms with Crippen molar-refractivity contribution < 1.29 is 0 Å². The molecule has 0 spiro atoms. The second-order valence-electron chi connectivity index (χ2n) is 4.42. The number of nitrogens with two attached hydrogens (primary N) is 1. The van der Waals surface area contributed by atoms with Crippen molar-refractivity contribution in [2.24, 2.45) is 11.1 Å². The minimum atomic E-state index is 0.319. The average molecular weight is 209 g/mol. The summed E-state index contributed by atoms with van der Waals surface area (Å²) in [6, 6.07) is 10.3. The lowest BCUT2D eigenvalue weighted by molar-refractivity contribution is 0.428. The van der Waals surface area contributed by atoms with Crippen molar-refractivity contribution in [3.63, 3.8) is 0 Å². The smallest absolute Gasteiger partial charge is 0.00285 e. The lowest BCUT2D eigenvalue weighted by atomic mass is 9.98. The van der Waals surface area contributed by atoms with Crippen molar-refractivity contribution in [3.8, 4) is 0 Å². The van der Waals surface area contributed by atoms with Gasteiger partial charge >= 0.3 is 0 Å². The van der Waals surface area contributed by atoms with Gasteiger partial charge in [-0.25, -0.2) is 0 Å². The Morgan fingerprint density at radius 2 is 1.33 bits per heavy atom. The number of aryl methyl sites for hydroxylation is 1. The van der Waals surface area contributed by atoms with E-state index in [1.807, 2.05) is 32.0 Å². The maximum Gasteiger partial charge on any atom is -0.00285 e. The van der Waals surface area contributed by atoms with Crippen LogP contribution in [0, 0.1) is 12.3 Å². The Balaban J connectivity index is 0. The molecule has 0 aliphatic rings. The molecule has 0 heterocycles. The first kappa shape index (κ1) is 16.6. The minimum absolute atomic E-state index is 0.319. The number of hydrogen-bond acceptors (Lipinski definition) is 1. The molecule has 1 heteroatoms. The van der Waals surface area contributed by atoms with Crippen molar-refractivity contribution in [3.05, 3.63) is 35.9 Å². The van der Waals surface area contributed by atoms with E-state index in [1.54, 1.807) is 0 Å². The number of hydrogen-bond donors (Lipinski definition) is 1. The first-order valence-corrected chi connectivity index (χ1v) is 5.67. The maximum atomic E-state index is 5.31. The van der Waals surface area contributed by atoms with Gasteiger partial charge in [0.2, 0.25) is 0 Å². The first-order valence-electron chi connectivity index (χ1n) is 5.67. The van der Waals surface area contributed by atoms with Gasteiger partial charge in [0.05, 0.1) is 0 Å². The van der Waals surface area contributed by atoms with E-state index in [-0.39, 0.29) is 0 Å². The van der Waals surface area contributed by atoms with Gasteiger partial charge in [-0.3, -0.25) is 0 Å². The van der Waals surface area contributed by atoms with E-state index in [4.69, 9.17) is 5.73 Å². The highest BCUT2D eigenvalue weighted by atomic mass is 14.6. The van der Waals surface area contributed by atoms with Crippen LogP contribution in [0.15, 0.2) is 30.3 Å². The molecule has 0 saturated carbocycles. The van der Waals surface area contributed by atoms with Crippen LogP contribution in [0.4, 0.5) is 0 Å². The van der Waals surface area contributed by atoms with Gasteiger partial charge < -0.3 is 5.73 Å². The van der Waals surface area contributed by atoms with Gasteiger partial charge in [-0.05, 0) is 18.9 Å². The number of benzene rings is 1. The summed E-state index contributed by atoms with van der Waals surface area (Å²) in [5.41, 5.74) is 6.95. The topological polar surface area (TPSA) is 26.0 Å². The molecule has 0 bridgehead atoms. The van der Waals surface area contributed by atoms with Gasteiger partial charge in [-0.15, -0.1) is 0 Å². The van der Waals surface area contributed by atoms with Gasteiger partial charge in [-0.1, -0.05) is 70.5 Å². The molecular weight excluding hydrogens is 182 g/mol. The third-order valence-electron chi connectivity index (χ3n) is 1.55. The van der Waals surface area contributed by atoms with Crippen LogP contribution in [-0.4, -0.2) is 6.54 Å². The van der Waals surface area contributed by atoms with Crippen molar-refractivity contribution in [1.82, 2.24) is 0 Å². The molecule has 1 aromatic carbocycles. The molecule has 0 fully saturated rings. The molecule has 0 radical (unpaired) electrons. The third kappa shape index (κ3) is 15.9. The summed E-state index contributed by atoms with van der Waals surface area (Å²) in [6.07, 6.45) is 0. The Hall–Kier alpha value is -0.820. The summed E-state index contributed by atoms with van der Waals surface area (Å²) in [5, 5.41) is 0. The van der Waals surface area contributed by atoms with Crippen LogP contribution < -0.4 is 5.73 Å². The van der Waals surface area contributed by atoms with Crippen molar-refractivity contribution in [1.29, 1.82) is 0 Å². The zero-order valence-corrected chi connectivity index (χ0v) is 11.2. The quantitative estimate of drug-likeness (QED) is 0.686. The molecule has 0 aliphatic carbocycles. The fourth-order valence-corrected chi connectivity index (χ4v) is 0.534. The molecule has 0 saturated heterocycles. The van der Waals surface area contributed by atoms with E-state index >= 15 is 0 Å². The summed E-state index contributed by atoms with van der Waals surface area (Å²) in [7, 11) is 0. The van der Waals surface area contributed by atoms with Gasteiger partial charge in [0, 0.05) is 0 Å². The summed E-state index contributed by atoms with van der Waals surface area (Å²) in [5.74, 6) is 0. The molecule has 0 amide bonds. The average Bonchev–Trinajstić information content (AvgIpc) is 2.22. The van der Waals surface area contributed by atoms with E-state index in [0.29, 0.717) is 5.41 Å². The van der Waals surface area contributed by atoms with Gasteiger partial charge in [0.25, 0.3) is 0 Å². The standard InChI is InChI=1S/C7H8.C5H13N.C2H6/c1-7-5-3-2-4-6-7;1-5(2,3)4-6;1-2/h2-6H,1H3;4,6H2,1-3H3;1-2H3. The molecule has 1 aromatic rings. The Labute approximate surface area is 95.7 Å². The summed E-state index contributed by atoms with van der Waals surface area (Å²) in [4.78, 5) is 0. The predicted molar refractivity (Wildman–Crippen MR) is 71.0 cm³/mol. The highest BCUT2D eigenvalue weighted by Gasteiger charge is 2.03. The summed E-state index contributed by atoms with van der Waals surface area (Å²) >= 11 is 0. The zero-order chi connectivity index (χ0) is 12.3. The predicted octanol–water partition coefficient (Wildman–Crippen LogP) is 4.01. The van der Waals surface area contributed by atoms with Gasteiger partial charge in [0.15, 0.2) is 0 Å². The van der Waals surface area contributed by atoms with Gasteiger partial charge in [-0.2, -0.15) is 0 Å². The fourth-order valence-electron chi connectivity index (χ4n) is 0.534. The Bertz CT molecular complexity index is 209. The van der Waals surface area contributed by atoms with E-state index in [2.05, 4.69) is 39.8 Å². The highest BCUT2D eigenvalue weighted by molar-refractivity contribution is 5.11. The monoisotopic (exact) mass is 209 g/mol. The molecule has 0 aliphatic heterocycles. The van der Waals surface area contributed by atoms with Crippen LogP contribution in [0.2, 0.25) is 0 Å². The first-order chi connectivity index (χ1) is 6.95. The van der Waals surface area contributed by atoms with E-state index in [9.17, 15) is 0 Å². The molecule has 15 heavy (non-hydrogen) atoms. The van der Waals surface area contributed by atoms with Crippen LogP contribution in [0.1, 0.15) is 40.2 Å². The van der Waals surface area contributed by atoms with Crippen molar-refractivity contribution >= 4 is 0 Å². The van der Waals surface area contributed by atoms with Crippen molar-refractivity contribution in [2.45, 2.75) is 41.5 Å². The Morgan fingerprint density at radius 1 is 1.00 bits per heavy atom. The Morgan fingerprint density at radius 3 is 1.47 bits per heavy atom. The molecule has 2 N–H and O–H groups in total. The Kier molecular flexibility index (Phi) is 10.8. The molecule has 0 aromatic heterocycles. The minimum Gasteiger partial charge on any atom is -0.330 e. The lowest BCUT2D eigenvalue weighted by Gasteiger charge is -2.12. The third-order valence-corrected chi connectivity index (χ3v) is 1.55. The molecule has 1 rings (SSSR count). The molecule has 0 atom stereocenters. The normalized spacial score (nSPS) is 9.27. The molecular formula is C14H27N. The van der Waals surface area contributed by atoms with Crippen molar-refractivity contribution in [2.75, 3.05) is 6.54 Å². The molecule has 88 valence electrons. The highest BCUT2D eigenvalue weighted by Crippen LogP contribution is 2.07.